The van der Waals surface area contributed by atoms with E-state index in [9.17, 15) is 4.79 Å². The highest BCUT2D eigenvalue weighted by Crippen LogP contribution is 2.38. The van der Waals surface area contributed by atoms with Gasteiger partial charge in [0.1, 0.15) is 13.2 Å². The maximum absolute atomic E-state index is 12.4. The highest BCUT2D eigenvalue weighted by molar-refractivity contribution is 5.89. The average molecular weight is 519 g/mol. The molecular weight excluding hydrogens is 484 g/mol. The van der Waals surface area contributed by atoms with Crippen LogP contribution in [0.1, 0.15) is 42.0 Å². The third-order valence-electron chi connectivity index (χ3n) is 7.71. The number of rotatable bonds is 6. The fourth-order valence-electron chi connectivity index (χ4n) is 5.60. The predicted octanol–water partition coefficient (Wildman–Crippen LogP) is 6.47. The van der Waals surface area contributed by atoms with Crippen LogP contribution < -0.4 is 15.0 Å². The van der Waals surface area contributed by atoms with Crippen LogP contribution in [-0.4, -0.2) is 42.7 Å². The summed E-state index contributed by atoms with van der Waals surface area (Å²) in [7, 11) is 0. The zero-order valence-corrected chi connectivity index (χ0v) is 22.4. The second-order valence-electron chi connectivity index (χ2n) is 10.2. The van der Waals surface area contributed by atoms with Crippen molar-refractivity contribution in [3.8, 4) is 11.5 Å². The first kappa shape index (κ1) is 25.2. The van der Waals surface area contributed by atoms with Crippen molar-refractivity contribution in [2.24, 2.45) is 0 Å². The van der Waals surface area contributed by atoms with Gasteiger partial charge in [0, 0.05) is 30.7 Å². The average Bonchev–Trinajstić information content (AvgIpc) is 2.98. The summed E-state index contributed by atoms with van der Waals surface area (Å²) in [5, 5.41) is 1.06. The van der Waals surface area contributed by atoms with Gasteiger partial charge in [-0.3, -0.25) is 9.69 Å². The number of H-pyrrole nitrogens is 1. The largest absolute Gasteiger partial charge is 0.486 e. The summed E-state index contributed by atoms with van der Waals surface area (Å²) in [5.74, 6) is 1.61. The minimum Gasteiger partial charge on any atom is -0.486 e. The molecule has 5 heteroatoms. The van der Waals surface area contributed by atoms with Crippen LogP contribution in [-0.2, 0) is 6.42 Å². The molecule has 0 saturated carbocycles. The molecule has 0 bridgehead atoms. The minimum atomic E-state index is -0.00292. The number of hydrogen-bond donors (Lipinski definition) is 1. The highest BCUT2D eigenvalue weighted by atomic mass is 16.6. The molecule has 2 aliphatic rings. The fourth-order valence-corrected chi connectivity index (χ4v) is 5.60. The van der Waals surface area contributed by atoms with Gasteiger partial charge in [0.15, 0.2) is 11.5 Å². The van der Waals surface area contributed by atoms with E-state index in [1.165, 1.54) is 22.3 Å². The third-order valence-corrected chi connectivity index (χ3v) is 7.71. The van der Waals surface area contributed by atoms with E-state index in [1.807, 2.05) is 31.2 Å². The first-order chi connectivity index (χ1) is 19.2. The van der Waals surface area contributed by atoms with Crippen molar-refractivity contribution in [2.45, 2.75) is 26.2 Å². The van der Waals surface area contributed by atoms with Crippen molar-refractivity contribution >= 4 is 22.6 Å². The zero-order chi connectivity index (χ0) is 26.6. The molecule has 2 aliphatic heterocycles. The van der Waals surface area contributed by atoms with Gasteiger partial charge in [-0.25, -0.2) is 0 Å². The molecule has 0 spiro atoms. The van der Waals surface area contributed by atoms with E-state index in [0.717, 1.165) is 66.0 Å². The first-order valence-corrected chi connectivity index (χ1v) is 13.9. The van der Waals surface area contributed by atoms with Gasteiger partial charge >= 0.3 is 0 Å². The van der Waals surface area contributed by atoms with Gasteiger partial charge in [-0.05, 0) is 77.2 Å². The number of piperidine rings is 1. The molecular formula is C34H34N2O3. The van der Waals surface area contributed by atoms with Crippen molar-refractivity contribution in [2.75, 3.05) is 32.8 Å². The van der Waals surface area contributed by atoms with Crippen molar-refractivity contribution in [3.63, 3.8) is 0 Å². The van der Waals surface area contributed by atoms with Crippen molar-refractivity contribution in [3.05, 3.63) is 117 Å². The Kier molecular flexibility index (Phi) is 7.33. The van der Waals surface area contributed by atoms with Gasteiger partial charge in [0.05, 0.1) is 0 Å². The number of pyridine rings is 1. The topological polar surface area (TPSA) is 54.6 Å². The van der Waals surface area contributed by atoms with Crippen LogP contribution in [0.15, 0.2) is 89.2 Å². The lowest BCUT2D eigenvalue weighted by Gasteiger charge is -2.29. The molecule has 1 fully saturated rings. The Morgan fingerprint density at radius 1 is 0.897 bits per heavy atom. The summed E-state index contributed by atoms with van der Waals surface area (Å²) in [6, 6.07) is 25.2. The van der Waals surface area contributed by atoms with Crippen molar-refractivity contribution in [1.82, 2.24) is 9.88 Å². The maximum atomic E-state index is 12.4. The second-order valence-corrected chi connectivity index (χ2v) is 10.2. The maximum Gasteiger partial charge on any atom is 0.251 e. The second kappa shape index (κ2) is 11.3. The van der Waals surface area contributed by atoms with Crippen LogP contribution in [0.3, 0.4) is 0 Å². The lowest BCUT2D eigenvalue weighted by Crippen LogP contribution is -2.31. The number of fused-ring (bicyclic) bond motifs is 2. The Hall–Kier alpha value is -4.09. The highest BCUT2D eigenvalue weighted by Gasteiger charge is 2.21. The Morgan fingerprint density at radius 3 is 2.44 bits per heavy atom. The summed E-state index contributed by atoms with van der Waals surface area (Å²) in [6.07, 6.45) is 7.19. The lowest BCUT2D eigenvalue weighted by molar-refractivity contribution is 0.171. The number of nitrogens with zero attached hydrogens (tertiary/aromatic N) is 1. The number of aromatic amines is 1. The molecule has 0 amide bonds. The van der Waals surface area contributed by atoms with Crippen LogP contribution in [0.2, 0.25) is 0 Å². The molecule has 0 unspecified atom stereocenters. The van der Waals surface area contributed by atoms with Crippen LogP contribution in [0.4, 0.5) is 0 Å². The lowest BCUT2D eigenvalue weighted by atomic mass is 9.87. The van der Waals surface area contributed by atoms with Gasteiger partial charge < -0.3 is 14.5 Å². The zero-order valence-electron chi connectivity index (χ0n) is 22.4. The van der Waals surface area contributed by atoms with Crippen molar-refractivity contribution < 1.29 is 9.47 Å². The Labute approximate surface area is 229 Å². The molecule has 4 aromatic rings. The van der Waals surface area contributed by atoms with E-state index in [1.54, 1.807) is 0 Å². The summed E-state index contributed by atoms with van der Waals surface area (Å²) in [5.41, 5.74) is 7.94. The van der Waals surface area contributed by atoms with Gasteiger partial charge in [0.25, 0.3) is 5.56 Å². The SMILES string of the molecule is CCc1cc2cc(C(=C3CCN(CC=Cc4ccccc4)CC3)c3ccc4c(c3)OCCO4)ccc2[nH]c1=O. The van der Waals surface area contributed by atoms with E-state index in [2.05, 4.69) is 70.6 Å². The summed E-state index contributed by atoms with van der Waals surface area (Å²) in [6.45, 7) is 6.15. The molecule has 1 N–H and O–H groups in total. The number of aryl methyl sites for hydroxylation is 1. The monoisotopic (exact) mass is 518 g/mol. The van der Waals surface area contributed by atoms with E-state index >= 15 is 0 Å². The predicted molar refractivity (Wildman–Crippen MR) is 159 cm³/mol. The Bertz CT molecular complexity index is 1590. The summed E-state index contributed by atoms with van der Waals surface area (Å²) in [4.78, 5) is 17.9. The minimum absolute atomic E-state index is 0.00292. The van der Waals surface area contributed by atoms with Gasteiger partial charge in [-0.2, -0.15) is 0 Å². The molecule has 39 heavy (non-hydrogen) atoms. The molecule has 1 aromatic heterocycles. The third kappa shape index (κ3) is 5.55. The standard InChI is InChI=1S/C34H34N2O3/c1-2-25-21-29-22-27(10-12-30(29)35-34(25)37)33(28-11-13-31-32(23-28)39-20-19-38-31)26-14-17-36(18-15-26)16-6-9-24-7-4-3-5-8-24/h3-13,21-23H,2,14-20H2,1H3,(H,35,37). The number of likely N-dealkylation sites (tertiary alicyclic amines) is 1. The molecule has 0 aliphatic carbocycles. The molecule has 3 aromatic carbocycles. The smallest absolute Gasteiger partial charge is 0.251 e. The number of benzene rings is 3. The van der Waals surface area contributed by atoms with Crippen molar-refractivity contribution in [1.29, 1.82) is 0 Å². The number of nitrogens with one attached hydrogen (secondary N) is 1. The van der Waals surface area contributed by atoms with Crippen LogP contribution in [0.25, 0.3) is 22.6 Å². The molecule has 6 rings (SSSR count). The normalized spacial score (nSPS) is 15.7. The summed E-state index contributed by atoms with van der Waals surface area (Å²) < 4.78 is 11.7. The number of ether oxygens (including phenoxy) is 2. The van der Waals surface area contributed by atoms with Crippen LogP contribution in [0.5, 0.6) is 11.5 Å². The number of aromatic nitrogens is 1. The molecule has 5 nitrogen and oxygen atoms in total. The van der Waals surface area contributed by atoms with Crippen LogP contribution >= 0.6 is 0 Å². The Morgan fingerprint density at radius 2 is 1.64 bits per heavy atom. The molecule has 0 atom stereocenters. The quantitative estimate of drug-likeness (QED) is 0.318. The van der Waals surface area contributed by atoms with Gasteiger partial charge in [-0.1, -0.05) is 67.1 Å². The van der Waals surface area contributed by atoms with Gasteiger partial charge in [-0.15, -0.1) is 0 Å². The van der Waals surface area contributed by atoms with E-state index in [4.69, 9.17) is 9.47 Å². The molecule has 3 heterocycles. The van der Waals surface area contributed by atoms with Gasteiger partial charge in [0.2, 0.25) is 0 Å². The number of hydrogen-bond acceptors (Lipinski definition) is 4. The molecule has 1 saturated heterocycles. The van der Waals surface area contributed by atoms with Crippen LogP contribution in [0, 0.1) is 0 Å². The first-order valence-electron chi connectivity index (χ1n) is 13.9. The molecule has 0 radical (unpaired) electrons. The Balaban J connectivity index is 1.33. The fraction of sp³-hybridized carbons (Fsp3) is 0.265. The summed E-state index contributed by atoms with van der Waals surface area (Å²) >= 11 is 0. The van der Waals surface area contributed by atoms with E-state index in [-0.39, 0.29) is 5.56 Å². The van der Waals surface area contributed by atoms with E-state index in [0.29, 0.717) is 19.6 Å². The van der Waals surface area contributed by atoms with E-state index < -0.39 is 0 Å². The molecule has 198 valence electrons.